The third-order valence-electron chi connectivity index (χ3n) is 5.54. The van der Waals surface area contributed by atoms with E-state index in [1.165, 1.54) is 18.2 Å². The Kier molecular flexibility index (Phi) is 5.11. The predicted molar refractivity (Wildman–Crippen MR) is 113 cm³/mol. The zero-order valence-corrected chi connectivity index (χ0v) is 17.5. The Hall–Kier alpha value is -4.14. The standard InChI is InChI=1S/C25H14F5NO3/c1-31-10-12(14-4-2-3-5-17(14)31)8-19-25(32)15-7-6-13(9-18(15)34-19)33-11-16-20(26)22(28)24(30)23(29)21(16)27/h2-10H,11H2,1H3/b19-8-. The summed E-state index contributed by atoms with van der Waals surface area (Å²) in [5, 5.41) is 0.927. The van der Waals surface area contributed by atoms with Gasteiger partial charge in [-0.1, -0.05) is 18.2 Å². The van der Waals surface area contributed by atoms with Crippen molar-refractivity contribution in [1.29, 1.82) is 0 Å². The highest BCUT2D eigenvalue weighted by Crippen LogP contribution is 2.36. The molecule has 3 aromatic carbocycles. The van der Waals surface area contributed by atoms with E-state index in [1.807, 2.05) is 42.1 Å². The maximum absolute atomic E-state index is 13.9. The lowest BCUT2D eigenvalue weighted by atomic mass is 10.1. The van der Waals surface area contributed by atoms with Gasteiger partial charge in [-0.05, 0) is 24.3 Å². The smallest absolute Gasteiger partial charge is 0.231 e. The summed E-state index contributed by atoms with van der Waals surface area (Å²) in [6, 6.07) is 11.7. The molecule has 172 valence electrons. The van der Waals surface area contributed by atoms with Crippen molar-refractivity contribution < 1.29 is 36.2 Å². The van der Waals surface area contributed by atoms with Gasteiger partial charge in [-0.3, -0.25) is 4.79 Å². The summed E-state index contributed by atoms with van der Waals surface area (Å²) < 4.78 is 80.5. The van der Waals surface area contributed by atoms with Gasteiger partial charge in [-0.15, -0.1) is 0 Å². The monoisotopic (exact) mass is 471 g/mol. The minimum atomic E-state index is -2.24. The molecule has 0 amide bonds. The molecule has 0 unspecified atom stereocenters. The Bertz CT molecular complexity index is 1490. The molecule has 0 radical (unpaired) electrons. The molecule has 1 aliphatic rings. The fraction of sp³-hybridized carbons (Fsp3) is 0.0800. The number of ether oxygens (including phenoxy) is 2. The molecule has 4 nitrogen and oxygen atoms in total. The van der Waals surface area contributed by atoms with Gasteiger partial charge in [0, 0.05) is 35.8 Å². The summed E-state index contributed by atoms with van der Waals surface area (Å²) >= 11 is 0. The number of carbonyl (C=O) groups is 1. The number of benzene rings is 3. The molecule has 1 aliphatic heterocycles. The van der Waals surface area contributed by atoms with Gasteiger partial charge >= 0.3 is 0 Å². The van der Waals surface area contributed by atoms with Crippen molar-refractivity contribution in [1.82, 2.24) is 4.57 Å². The molecule has 0 bridgehead atoms. The second kappa shape index (κ2) is 8.02. The van der Waals surface area contributed by atoms with Gasteiger partial charge in [-0.25, -0.2) is 22.0 Å². The Labute approximate surface area is 189 Å². The number of Topliss-reactive ketones (excluding diaryl/α,β-unsaturated/α-hetero) is 1. The SMILES string of the molecule is Cn1cc(/C=C2\Oc3cc(OCc4c(F)c(F)c(F)c(F)c4F)ccc3C2=O)c2ccccc21. The first-order valence-electron chi connectivity index (χ1n) is 10.0. The first-order chi connectivity index (χ1) is 16.3. The van der Waals surface area contributed by atoms with Crippen LogP contribution in [0, 0.1) is 29.1 Å². The van der Waals surface area contributed by atoms with Crippen LogP contribution in [0.25, 0.3) is 17.0 Å². The molecule has 5 rings (SSSR count). The van der Waals surface area contributed by atoms with Crippen molar-refractivity contribution in [3.05, 3.63) is 100 Å². The van der Waals surface area contributed by atoms with Gasteiger partial charge < -0.3 is 14.0 Å². The zero-order chi connectivity index (χ0) is 24.1. The Morgan fingerprint density at radius 2 is 1.62 bits per heavy atom. The number of halogens is 5. The van der Waals surface area contributed by atoms with Gasteiger partial charge in [-0.2, -0.15) is 0 Å². The number of fused-ring (bicyclic) bond motifs is 2. The van der Waals surface area contributed by atoms with E-state index in [9.17, 15) is 26.7 Å². The van der Waals surface area contributed by atoms with E-state index in [-0.39, 0.29) is 28.6 Å². The Morgan fingerprint density at radius 1 is 0.941 bits per heavy atom. The van der Waals surface area contributed by atoms with Crippen molar-refractivity contribution in [2.45, 2.75) is 6.61 Å². The maximum Gasteiger partial charge on any atom is 0.231 e. The van der Waals surface area contributed by atoms with Crippen molar-refractivity contribution in [2.24, 2.45) is 7.05 Å². The number of hydrogen-bond donors (Lipinski definition) is 0. The van der Waals surface area contributed by atoms with Crippen molar-refractivity contribution in [3.63, 3.8) is 0 Å². The third kappa shape index (κ3) is 3.40. The molecule has 2 heterocycles. The molecule has 0 aliphatic carbocycles. The molecule has 1 aromatic heterocycles. The number of para-hydroxylation sites is 1. The fourth-order valence-corrected chi connectivity index (χ4v) is 3.82. The van der Waals surface area contributed by atoms with E-state index in [2.05, 4.69) is 0 Å². The first-order valence-corrected chi connectivity index (χ1v) is 10.0. The lowest BCUT2D eigenvalue weighted by Crippen LogP contribution is -2.09. The Morgan fingerprint density at radius 3 is 2.35 bits per heavy atom. The second-order valence-corrected chi connectivity index (χ2v) is 7.65. The van der Waals surface area contributed by atoms with Crippen LogP contribution in [0.4, 0.5) is 22.0 Å². The molecular formula is C25H14F5NO3. The molecule has 4 aromatic rings. The first kappa shape index (κ1) is 21.7. The number of ketones is 1. The predicted octanol–water partition coefficient (Wildman–Crippen LogP) is 6.07. The van der Waals surface area contributed by atoms with Crippen LogP contribution >= 0.6 is 0 Å². The molecule has 0 atom stereocenters. The van der Waals surface area contributed by atoms with Crippen LogP contribution < -0.4 is 9.47 Å². The molecular weight excluding hydrogens is 457 g/mol. The molecule has 0 fully saturated rings. The van der Waals surface area contributed by atoms with Gasteiger partial charge in [0.1, 0.15) is 18.1 Å². The van der Waals surface area contributed by atoms with Crippen LogP contribution in [0.2, 0.25) is 0 Å². The molecule has 0 spiro atoms. The van der Waals surface area contributed by atoms with E-state index in [0.29, 0.717) is 0 Å². The summed E-state index contributed by atoms with van der Waals surface area (Å²) in [7, 11) is 1.88. The van der Waals surface area contributed by atoms with E-state index >= 15 is 0 Å². The average molecular weight is 471 g/mol. The summed E-state index contributed by atoms with van der Waals surface area (Å²) in [6.07, 6.45) is 3.47. The van der Waals surface area contributed by atoms with Crippen LogP contribution in [-0.2, 0) is 13.7 Å². The van der Waals surface area contributed by atoms with Crippen molar-refractivity contribution in [3.8, 4) is 11.5 Å². The summed E-state index contributed by atoms with van der Waals surface area (Å²) in [5.74, 6) is -10.4. The van der Waals surface area contributed by atoms with Crippen LogP contribution in [-0.4, -0.2) is 10.4 Å². The maximum atomic E-state index is 13.9. The summed E-state index contributed by atoms with van der Waals surface area (Å²) in [6.45, 7) is -0.919. The summed E-state index contributed by atoms with van der Waals surface area (Å²) in [4.78, 5) is 12.8. The normalized spacial score (nSPS) is 14.1. The number of nitrogens with zero attached hydrogens (tertiary/aromatic N) is 1. The van der Waals surface area contributed by atoms with Crippen LogP contribution in [0.1, 0.15) is 21.5 Å². The Balaban J connectivity index is 1.40. The third-order valence-corrected chi connectivity index (χ3v) is 5.54. The zero-order valence-electron chi connectivity index (χ0n) is 17.5. The molecule has 9 heteroatoms. The number of rotatable bonds is 4. The highest BCUT2D eigenvalue weighted by atomic mass is 19.2. The number of hydrogen-bond acceptors (Lipinski definition) is 3. The minimum absolute atomic E-state index is 0.0157. The fourth-order valence-electron chi connectivity index (χ4n) is 3.82. The minimum Gasteiger partial charge on any atom is -0.489 e. The second-order valence-electron chi connectivity index (χ2n) is 7.65. The average Bonchev–Trinajstić information content (AvgIpc) is 3.32. The highest BCUT2D eigenvalue weighted by molar-refractivity contribution is 6.15. The van der Waals surface area contributed by atoms with E-state index in [4.69, 9.17) is 9.47 Å². The van der Waals surface area contributed by atoms with Gasteiger partial charge in [0.15, 0.2) is 29.0 Å². The van der Waals surface area contributed by atoms with Crippen LogP contribution in [0.3, 0.4) is 0 Å². The summed E-state index contributed by atoms with van der Waals surface area (Å²) in [5.41, 5.74) is 0.888. The van der Waals surface area contributed by atoms with E-state index < -0.39 is 41.3 Å². The lowest BCUT2D eigenvalue weighted by Gasteiger charge is -2.10. The van der Waals surface area contributed by atoms with Gasteiger partial charge in [0.25, 0.3) is 0 Å². The molecule has 0 saturated heterocycles. The number of aromatic nitrogens is 1. The van der Waals surface area contributed by atoms with Crippen molar-refractivity contribution in [2.75, 3.05) is 0 Å². The van der Waals surface area contributed by atoms with E-state index in [0.717, 1.165) is 16.5 Å². The highest BCUT2D eigenvalue weighted by Gasteiger charge is 2.29. The topological polar surface area (TPSA) is 40.5 Å². The van der Waals surface area contributed by atoms with Gasteiger partial charge in [0.05, 0.1) is 11.1 Å². The largest absolute Gasteiger partial charge is 0.489 e. The van der Waals surface area contributed by atoms with E-state index in [1.54, 1.807) is 6.08 Å². The molecule has 0 saturated carbocycles. The number of carbonyl (C=O) groups excluding carboxylic acids is 1. The molecule has 0 N–H and O–H groups in total. The van der Waals surface area contributed by atoms with Crippen molar-refractivity contribution >= 4 is 22.8 Å². The lowest BCUT2D eigenvalue weighted by molar-refractivity contribution is 0.101. The molecule has 34 heavy (non-hydrogen) atoms. The van der Waals surface area contributed by atoms with Gasteiger partial charge in [0.2, 0.25) is 11.6 Å². The quantitative estimate of drug-likeness (QED) is 0.157. The number of aryl methyl sites for hydroxylation is 1. The van der Waals surface area contributed by atoms with Crippen LogP contribution in [0.15, 0.2) is 54.4 Å². The number of allylic oxidation sites excluding steroid dienone is 1. The van der Waals surface area contributed by atoms with Crippen LogP contribution in [0.5, 0.6) is 11.5 Å².